The number of rotatable bonds is 2. The molecule has 2 rings (SSSR count). The Hall–Kier alpha value is -1.68. The van der Waals surface area contributed by atoms with Crippen molar-refractivity contribution >= 4 is 21.9 Å². The van der Waals surface area contributed by atoms with Crippen molar-refractivity contribution in [3.63, 3.8) is 0 Å². The second-order valence-corrected chi connectivity index (χ2v) is 4.53. The highest BCUT2D eigenvalue weighted by molar-refractivity contribution is 9.10. The van der Waals surface area contributed by atoms with Crippen LogP contribution in [0.2, 0.25) is 0 Å². The molecule has 86 valence electrons. The molecule has 1 aromatic carbocycles. The van der Waals surface area contributed by atoms with E-state index < -0.39 is 5.97 Å². The molecule has 0 amide bonds. The Bertz CT molecular complexity index is 581. The lowest BCUT2D eigenvalue weighted by atomic mass is 10.0. The van der Waals surface area contributed by atoms with Gasteiger partial charge in [0, 0.05) is 16.2 Å². The molecule has 0 saturated heterocycles. The Morgan fingerprint density at radius 2 is 2.06 bits per heavy atom. The predicted molar refractivity (Wildman–Crippen MR) is 69.1 cm³/mol. The van der Waals surface area contributed by atoms with Crippen LogP contribution in [-0.2, 0) is 0 Å². The maximum atomic E-state index is 10.8. The fraction of sp³-hybridized carbons (Fsp3) is 0.0769. The summed E-state index contributed by atoms with van der Waals surface area (Å²) in [6, 6.07) is 9.41. The van der Waals surface area contributed by atoms with Crippen molar-refractivity contribution < 1.29 is 9.90 Å². The summed E-state index contributed by atoms with van der Waals surface area (Å²) >= 11 is 3.36. The van der Waals surface area contributed by atoms with Crippen molar-refractivity contribution in [3.05, 3.63) is 52.1 Å². The molecule has 0 unspecified atom stereocenters. The number of aryl methyl sites for hydroxylation is 1. The lowest BCUT2D eigenvalue weighted by Gasteiger charge is -2.07. The van der Waals surface area contributed by atoms with E-state index in [1.54, 1.807) is 6.07 Å². The minimum atomic E-state index is -0.977. The summed E-state index contributed by atoms with van der Waals surface area (Å²) in [4.78, 5) is 15.0. The summed E-state index contributed by atoms with van der Waals surface area (Å²) < 4.78 is 0.687. The second-order valence-electron chi connectivity index (χ2n) is 3.67. The molecular formula is C13H10BrNO2. The Labute approximate surface area is 107 Å². The Morgan fingerprint density at radius 1 is 1.35 bits per heavy atom. The topological polar surface area (TPSA) is 50.2 Å². The van der Waals surface area contributed by atoms with Crippen LogP contribution in [0.3, 0.4) is 0 Å². The van der Waals surface area contributed by atoms with E-state index in [2.05, 4.69) is 20.9 Å². The molecule has 0 aliphatic carbocycles. The van der Waals surface area contributed by atoms with Gasteiger partial charge in [-0.15, -0.1) is 0 Å². The van der Waals surface area contributed by atoms with E-state index in [1.807, 2.05) is 31.2 Å². The molecule has 0 aliphatic heterocycles. The molecule has 1 heterocycles. The first-order valence-electron chi connectivity index (χ1n) is 5.04. The highest BCUT2D eigenvalue weighted by Gasteiger charge is 2.10. The summed E-state index contributed by atoms with van der Waals surface area (Å²) in [7, 11) is 0. The number of aromatic carboxylic acids is 1. The normalized spacial score (nSPS) is 10.2. The molecular weight excluding hydrogens is 282 g/mol. The molecule has 0 fully saturated rings. The number of aromatic nitrogens is 1. The van der Waals surface area contributed by atoms with Gasteiger partial charge in [0.1, 0.15) is 0 Å². The van der Waals surface area contributed by atoms with Gasteiger partial charge in [-0.25, -0.2) is 4.79 Å². The summed E-state index contributed by atoms with van der Waals surface area (Å²) in [5, 5.41) is 8.86. The van der Waals surface area contributed by atoms with Gasteiger partial charge < -0.3 is 5.11 Å². The predicted octanol–water partition coefficient (Wildman–Crippen LogP) is 3.52. The number of hydrogen-bond acceptors (Lipinski definition) is 2. The van der Waals surface area contributed by atoms with E-state index in [1.165, 1.54) is 6.20 Å². The Kier molecular flexibility index (Phi) is 3.24. The third kappa shape index (κ3) is 2.36. The van der Waals surface area contributed by atoms with E-state index in [4.69, 9.17) is 5.11 Å². The van der Waals surface area contributed by atoms with E-state index in [9.17, 15) is 4.79 Å². The van der Waals surface area contributed by atoms with Crippen LogP contribution in [0, 0.1) is 6.92 Å². The number of pyridine rings is 1. The van der Waals surface area contributed by atoms with Crippen molar-refractivity contribution in [2.45, 2.75) is 6.92 Å². The van der Waals surface area contributed by atoms with Crippen LogP contribution in [0.1, 0.15) is 15.9 Å². The average Bonchev–Trinajstić information content (AvgIpc) is 2.30. The Balaban J connectivity index is 2.55. The number of benzene rings is 1. The molecule has 0 spiro atoms. The molecule has 2 aromatic rings. The van der Waals surface area contributed by atoms with Crippen LogP contribution >= 0.6 is 15.9 Å². The molecule has 0 bridgehead atoms. The molecule has 0 aliphatic rings. The number of halogens is 1. The summed E-state index contributed by atoms with van der Waals surface area (Å²) in [5.41, 5.74) is 3.03. The molecule has 17 heavy (non-hydrogen) atoms. The first-order valence-corrected chi connectivity index (χ1v) is 5.83. The summed E-state index contributed by atoms with van der Waals surface area (Å²) in [6.07, 6.45) is 1.37. The maximum absolute atomic E-state index is 10.8. The van der Waals surface area contributed by atoms with Gasteiger partial charge >= 0.3 is 5.97 Å². The SMILES string of the molecule is Cc1ccccc1-c1ncc(C(=O)O)cc1Br. The number of nitrogens with zero attached hydrogens (tertiary/aromatic N) is 1. The molecule has 1 N–H and O–H groups in total. The molecule has 0 radical (unpaired) electrons. The van der Waals surface area contributed by atoms with Gasteiger partial charge in [-0.3, -0.25) is 4.98 Å². The maximum Gasteiger partial charge on any atom is 0.337 e. The van der Waals surface area contributed by atoms with Crippen molar-refractivity contribution in [2.24, 2.45) is 0 Å². The number of hydrogen-bond donors (Lipinski definition) is 1. The molecule has 3 nitrogen and oxygen atoms in total. The zero-order chi connectivity index (χ0) is 12.4. The van der Waals surface area contributed by atoms with Gasteiger partial charge in [0.05, 0.1) is 11.3 Å². The van der Waals surface area contributed by atoms with Crippen molar-refractivity contribution in [1.82, 2.24) is 4.98 Å². The van der Waals surface area contributed by atoms with Gasteiger partial charge in [-0.05, 0) is 34.5 Å². The van der Waals surface area contributed by atoms with Gasteiger partial charge in [-0.2, -0.15) is 0 Å². The van der Waals surface area contributed by atoms with E-state index in [0.29, 0.717) is 4.47 Å². The minimum absolute atomic E-state index is 0.175. The third-order valence-corrected chi connectivity index (χ3v) is 3.09. The van der Waals surface area contributed by atoms with Crippen molar-refractivity contribution in [2.75, 3.05) is 0 Å². The monoisotopic (exact) mass is 291 g/mol. The highest BCUT2D eigenvalue weighted by Crippen LogP contribution is 2.28. The number of carboxylic acid groups (broad SMARTS) is 1. The van der Waals surface area contributed by atoms with Crippen LogP contribution in [0.15, 0.2) is 41.0 Å². The van der Waals surface area contributed by atoms with Gasteiger partial charge in [-0.1, -0.05) is 24.3 Å². The summed E-state index contributed by atoms with van der Waals surface area (Å²) in [6.45, 7) is 1.99. The quantitative estimate of drug-likeness (QED) is 0.921. The first-order chi connectivity index (χ1) is 8.09. The zero-order valence-electron chi connectivity index (χ0n) is 9.14. The van der Waals surface area contributed by atoms with Crippen molar-refractivity contribution in [3.8, 4) is 11.3 Å². The fourth-order valence-electron chi connectivity index (χ4n) is 1.59. The smallest absolute Gasteiger partial charge is 0.337 e. The zero-order valence-corrected chi connectivity index (χ0v) is 10.7. The number of carboxylic acids is 1. The van der Waals surface area contributed by atoms with Gasteiger partial charge in [0.15, 0.2) is 0 Å². The van der Waals surface area contributed by atoms with E-state index in [-0.39, 0.29) is 5.56 Å². The highest BCUT2D eigenvalue weighted by atomic mass is 79.9. The standard InChI is InChI=1S/C13H10BrNO2/c1-8-4-2-3-5-10(8)12-11(14)6-9(7-15-12)13(16)17/h2-7H,1H3,(H,16,17). The molecule has 1 aromatic heterocycles. The lowest BCUT2D eigenvalue weighted by Crippen LogP contribution is -1.98. The average molecular weight is 292 g/mol. The molecule has 4 heteroatoms. The third-order valence-electron chi connectivity index (χ3n) is 2.49. The first kappa shape index (κ1) is 11.8. The largest absolute Gasteiger partial charge is 0.478 e. The summed E-state index contributed by atoms with van der Waals surface area (Å²) in [5.74, 6) is -0.977. The fourth-order valence-corrected chi connectivity index (χ4v) is 2.15. The van der Waals surface area contributed by atoms with E-state index in [0.717, 1.165) is 16.8 Å². The van der Waals surface area contributed by atoms with Crippen LogP contribution in [0.4, 0.5) is 0 Å². The van der Waals surface area contributed by atoms with Crippen LogP contribution in [0.25, 0.3) is 11.3 Å². The van der Waals surface area contributed by atoms with Gasteiger partial charge in [0.25, 0.3) is 0 Å². The molecule has 0 atom stereocenters. The van der Waals surface area contributed by atoms with Crippen LogP contribution in [0.5, 0.6) is 0 Å². The Morgan fingerprint density at radius 3 is 2.65 bits per heavy atom. The van der Waals surface area contributed by atoms with Crippen LogP contribution < -0.4 is 0 Å². The van der Waals surface area contributed by atoms with Crippen LogP contribution in [-0.4, -0.2) is 16.1 Å². The second kappa shape index (κ2) is 4.67. The lowest BCUT2D eigenvalue weighted by molar-refractivity contribution is 0.0696. The minimum Gasteiger partial charge on any atom is -0.478 e. The molecule has 0 saturated carbocycles. The van der Waals surface area contributed by atoms with Gasteiger partial charge in [0.2, 0.25) is 0 Å². The van der Waals surface area contributed by atoms with E-state index >= 15 is 0 Å². The van der Waals surface area contributed by atoms with Crippen molar-refractivity contribution in [1.29, 1.82) is 0 Å². The number of carbonyl (C=O) groups is 1.